The van der Waals surface area contributed by atoms with Crippen LogP contribution in [0.3, 0.4) is 0 Å². The van der Waals surface area contributed by atoms with Crippen molar-refractivity contribution in [2.45, 2.75) is 12.7 Å². The van der Waals surface area contributed by atoms with Crippen molar-refractivity contribution in [3.05, 3.63) is 84.7 Å². The van der Waals surface area contributed by atoms with E-state index >= 15 is 0 Å². The minimum atomic E-state index is -5.08. The number of alkyl halides is 3. The Labute approximate surface area is 221 Å². The molecule has 4 rings (SSSR count). The highest BCUT2D eigenvalue weighted by Gasteiger charge is 2.38. The van der Waals surface area contributed by atoms with E-state index in [1.807, 2.05) is 72.9 Å². The summed E-state index contributed by atoms with van der Waals surface area (Å²) in [6.45, 7) is 0.383. The van der Waals surface area contributed by atoms with Crippen molar-refractivity contribution in [3.8, 4) is 33.8 Å². The summed E-state index contributed by atoms with van der Waals surface area (Å²) in [4.78, 5) is 21.5. The third-order valence-electron chi connectivity index (χ3n) is 5.33. The summed E-state index contributed by atoms with van der Waals surface area (Å²) in [6, 6.07) is 20.9. The van der Waals surface area contributed by atoms with Crippen LogP contribution in [0, 0.1) is 0 Å². The monoisotopic (exact) mass is 542 g/mol. The van der Waals surface area contributed by atoms with Crippen LogP contribution in [-0.2, 0) is 11.3 Å². The summed E-state index contributed by atoms with van der Waals surface area (Å²) in [7, 11) is 3.25. The van der Waals surface area contributed by atoms with Crippen LogP contribution in [0.2, 0.25) is 0 Å². The first-order valence-electron chi connectivity index (χ1n) is 11.4. The van der Waals surface area contributed by atoms with Gasteiger partial charge in [0.05, 0.1) is 26.1 Å². The quantitative estimate of drug-likeness (QED) is 0.237. The van der Waals surface area contributed by atoms with Gasteiger partial charge in [0.25, 0.3) is 0 Å². The van der Waals surface area contributed by atoms with E-state index in [-0.39, 0.29) is 6.03 Å². The molecule has 0 aliphatic carbocycles. The van der Waals surface area contributed by atoms with E-state index in [9.17, 15) is 18.0 Å². The maximum atomic E-state index is 12.6. The smallest absolute Gasteiger partial charge is 0.490 e. The zero-order chi connectivity index (χ0) is 28.4. The number of aromatic nitrogens is 2. The normalized spacial score (nSPS) is 10.6. The summed E-state index contributed by atoms with van der Waals surface area (Å²) in [5.74, 6) is -1.24. The number of nitrogens with one attached hydrogen (secondary N) is 3. The third-order valence-corrected chi connectivity index (χ3v) is 5.33. The van der Waals surface area contributed by atoms with Gasteiger partial charge in [-0.15, -0.1) is 0 Å². The van der Waals surface area contributed by atoms with Crippen molar-refractivity contribution in [3.63, 3.8) is 0 Å². The van der Waals surface area contributed by atoms with Crippen LogP contribution < -0.4 is 20.1 Å². The summed E-state index contributed by atoms with van der Waals surface area (Å²) in [6.07, 6.45) is -1.48. The van der Waals surface area contributed by atoms with Gasteiger partial charge < -0.3 is 25.2 Å². The number of carbonyl (C=O) groups is 2. The van der Waals surface area contributed by atoms with Gasteiger partial charge in [0.1, 0.15) is 11.5 Å². The number of halogens is 3. The van der Waals surface area contributed by atoms with Crippen LogP contribution in [0.15, 0.2) is 79.1 Å². The first-order valence-corrected chi connectivity index (χ1v) is 11.4. The zero-order valence-corrected chi connectivity index (χ0v) is 20.9. The van der Waals surface area contributed by atoms with E-state index in [4.69, 9.17) is 19.4 Å². The van der Waals surface area contributed by atoms with Crippen LogP contribution in [0.25, 0.3) is 22.3 Å². The molecular weight excluding hydrogens is 517 g/mol. The number of nitrogens with zero attached hydrogens (tertiary/aromatic N) is 1. The number of urea groups is 1. The fraction of sp³-hybridized carbons (Fsp3) is 0.148. The molecule has 204 valence electrons. The summed E-state index contributed by atoms with van der Waals surface area (Å²) in [5, 5.41) is 19.9. The Morgan fingerprint density at radius 2 is 1.59 bits per heavy atom. The highest BCUT2D eigenvalue weighted by Crippen LogP contribution is 2.33. The summed E-state index contributed by atoms with van der Waals surface area (Å²) >= 11 is 0. The number of ether oxygens (including phenoxy) is 2. The van der Waals surface area contributed by atoms with Gasteiger partial charge in [-0.05, 0) is 53.1 Å². The molecule has 1 heterocycles. The van der Waals surface area contributed by atoms with Crippen molar-refractivity contribution >= 4 is 17.7 Å². The number of carbonyl (C=O) groups excluding carboxylic acids is 1. The lowest BCUT2D eigenvalue weighted by Gasteiger charge is -2.14. The maximum Gasteiger partial charge on any atom is 0.490 e. The molecule has 0 radical (unpaired) electrons. The Bertz CT molecular complexity index is 1390. The largest absolute Gasteiger partial charge is 0.497 e. The molecule has 2 amide bonds. The number of carboxylic acids is 1. The molecule has 9 nitrogen and oxygen atoms in total. The molecule has 4 N–H and O–H groups in total. The van der Waals surface area contributed by atoms with Crippen molar-refractivity contribution in [1.82, 2.24) is 15.5 Å². The summed E-state index contributed by atoms with van der Waals surface area (Å²) in [5.41, 5.74) is 5.46. The molecule has 0 atom stereocenters. The molecule has 4 aromatic rings. The van der Waals surface area contributed by atoms with Crippen LogP contribution in [0.5, 0.6) is 11.5 Å². The first-order chi connectivity index (χ1) is 18.6. The number of H-pyrrole nitrogens is 1. The molecule has 12 heteroatoms. The predicted octanol–water partition coefficient (Wildman–Crippen LogP) is 5.72. The van der Waals surface area contributed by atoms with E-state index < -0.39 is 12.1 Å². The average Bonchev–Trinajstić information content (AvgIpc) is 3.47. The Kier molecular flexibility index (Phi) is 9.52. The van der Waals surface area contributed by atoms with Gasteiger partial charge in [-0.2, -0.15) is 18.3 Å². The number of aliphatic carboxylic acids is 1. The molecule has 1 aromatic heterocycles. The molecule has 39 heavy (non-hydrogen) atoms. The Morgan fingerprint density at radius 3 is 2.18 bits per heavy atom. The van der Waals surface area contributed by atoms with Gasteiger partial charge in [0.2, 0.25) is 0 Å². The van der Waals surface area contributed by atoms with Crippen molar-refractivity contribution in [2.75, 3.05) is 19.5 Å². The van der Waals surface area contributed by atoms with Crippen LogP contribution in [-0.4, -0.2) is 47.7 Å². The molecule has 0 bridgehead atoms. The van der Waals surface area contributed by atoms with Gasteiger partial charge in [0, 0.05) is 23.9 Å². The van der Waals surface area contributed by atoms with E-state index in [0.717, 1.165) is 39.3 Å². The lowest BCUT2D eigenvalue weighted by molar-refractivity contribution is -0.192. The minimum absolute atomic E-state index is 0.293. The molecule has 0 unspecified atom stereocenters. The van der Waals surface area contributed by atoms with Crippen LogP contribution in [0.1, 0.15) is 5.56 Å². The number of hydrogen-bond donors (Lipinski definition) is 4. The second-order valence-corrected chi connectivity index (χ2v) is 7.94. The van der Waals surface area contributed by atoms with Crippen molar-refractivity contribution in [1.29, 1.82) is 0 Å². The lowest BCUT2D eigenvalue weighted by atomic mass is 9.98. The number of methoxy groups -OCH3 is 2. The molecule has 0 saturated heterocycles. The molecule has 0 saturated carbocycles. The fourth-order valence-electron chi connectivity index (χ4n) is 3.38. The molecule has 0 aliphatic heterocycles. The van der Waals surface area contributed by atoms with Gasteiger partial charge >= 0.3 is 18.2 Å². The molecule has 0 spiro atoms. The molecule has 0 aliphatic rings. The Morgan fingerprint density at radius 1 is 0.923 bits per heavy atom. The van der Waals surface area contributed by atoms with Crippen LogP contribution in [0.4, 0.5) is 23.7 Å². The predicted molar refractivity (Wildman–Crippen MR) is 139 cm³/mol. The Hall–Kier alpha value is -5.00. The fourth-order valence-corrected chi connectivity index (χ4v) is 3.38. The number of carboxylic acid groups (broad SMARTS) is 1. The molecule has 0 fully saturated rings. The highest BCUT2D eigenvalue weighted by molar-refractivity contribution is 5.95. The first kappa shape index (κ1) is 28.6. The highest BCUT2D eigenvalue weighted by atomic mass is 19.4. The minimum Gasteiger partial charge on any atom is -0.497 e. The van der Waals surface area contributed by atoms with E-state index in [0.29, 0.717) is 12.2 Å². The number of amides is 2. The van der Waals surface area contributed by atoms with Gasteiger partial charge in [-0.1, -0.05) is 30.3 Å². The maximum absolute atomic E-state index is 12.6. The lowest BCUT2D eigenvalue weighted by Crippen LogP contribution is -2.28. The van der Waals surface area contributed by atoms with E-state index in [1.54, 1.807) is 20.4 Å². The summed E-state index contributed by atoms with van der Waals surface area (Å²) < 4.78 is 42.2. The Balaban J connectivity index is 0.000000532. The van der Waals surface area contributed by atoms with Gasteiger partial charge in [0.15, 0.2) is 0 Å². The number of anilines is 1. The van der Waals surface area contributed by atoms with Gasteiger partial charge in [-0.3, -0.25) is 5.10 Å². The standard InChI is InChI=1S/C25H24N4O3.C2HF3O2/c1-31-21-9-6-18(7-10-21)23-13-19(20-15-27-28-16-20)8-11-24(23)29-25(30)26-14-17-4-3-5-22(12-17)32-2;3-2(4,5)1(6)7/h3-13,15-16H,14H2,1-2H3,(H,27,28)(H2,26,29,30);(H,6,7). The zero-order valence-electron chi connectivity index (χ0n) is 20.9. The molecular formula is C27H25F3N4O5. The second kappa shape index (κ2) is 13.0. The number of hydrogen-bond acceptors (Lipinski definition) is 5. The SMILES string of the molecule is COc1ccc(-c2cc(-c3cn[nH]c3)ccc2NC(=O)NCc2cccc(OC)c2)cc1.O=C(O)C(F)(F)F. The number of rotatable bonds is 7. The van der Waals surface area contributed by atoms with Crippen LogP contribution >= 0.6 is 0 Å². The van der Waals surface area contributed by atoms with Crippen molar-refractivity contribution in [2.24, 2.45) is 0 Å². The number of aromatic amines is 1. The molecule has 3 aromatic carbocycles. The average molecular weight is 543 g/mol. The topological polar surface area (TPSA) is 126 Å². The van der Waals surface area contributed by atoms with E-state index in [1.165, 1.54) is 0 Å². The number of benzene rings is 3. The van der Waals surface area contributed by atoms with Gasteiger partial charge in [-0.25, -0.2) is 9.59 Å². The van der Waals surface area contributed by atoms with Crippen molar-refractivity contribution < 1.29 is 37.3 Å². The second-order valence-electron chi connectivity index (χ2n) is 7.94. The third kappa shape index (κ3) is 8.25. The van der Waals surface area contributed by atoms with E-state index in [2.05, 4.69) is 20.8 Å².